The van der Waals surface area contributed by atoms with Crippen molar-refractivity contribution in [2.75, 3.05) is 26.7 Å². The standard InChI is InChI=1S/C6H15BN2/c1-6-5-9(7)4-3-8(6)2/h6H,3-5,7H2,1-2H3/t6-/m1/s1. The molecule has 1 aliphatic heterocycles. The molecule has 1 atom stereocenters. The minimum atomic E-state index is 0.740. The Labute approximate surface area is 58.3 Å². The number of nitrogens with zero attached hydrogens (tertiary/aromatic N) is 2. The largest absolute Gasteiger partial charge is 0.346 e. The van der Waals surface area contributed by atoms with Gasteiger partial charge in [0.05, 0.1) is 0 Å². The second-order valence-corrected chi connectivity index (χ2v) is 3.09. The first-order valence-corrected chi connectivity index (χ1v) is 3.59. The summed E-state index contributed by atoms with van der Waals surface area (Å²) < 4.78 is 0. The Kier molecular flexibility index (Phi) is 2.14. The van der Waals surface area contributed by atoms with Crippen LogP contribution in [0.1, 0.15) is 6.92 Å². The number of hydrogen-bond acceptors (Lipinski definition) is 2. The molecule has 0 bridgehead atoms. The molecule has 1 heterocycles. The highest BCUT2D eigenvalue weighted by atomic mass is 15.2. The van der Waals surface area contributed by atoms with E-state index in [4.69, 9.17) is 0 Å². The molecule has 0 saturated carbocycles. The summed E-state index contributed by atoms with van der Waals surface area (Å²) in [6, 6.07) is 0.740. The molecule has 0 amide bonds. The first kappa shape index (κ1) is 7.10. The summed E-state index contributed by atoms with van der Waals surface area (Å²) in [5.41, 5.74) is 0. The van der Waals surface area contributed by atoms with E-state index in [2.05, 4.69) is 31.7 Å². The van der Waals surface area contributed by atoms with Gasteiger partial charge >= 0.3 is 0 Å². The molecule has 0 aromatic rings. The summed E-state index contributed by atoms with van der Waals surface area (Å²) >= 11 is 0. The van der Waals surface area contributed by atoms with Gasteiger partial charge in [0, 0.05) is 19.1 Å². The third-order valence-corrected chi connectivity index (χ3v) is 2.16. The van der Waals surface area contributed by atoms with Crippen LogP contribution in [0, 0.1) is 0 Å². The molecule has 9 heavy (non-hydrogen) atoms. The number of hydrogen-bond donors (Lipinski definition) is 0. The molecule has 0 aliphatic carbocycles. The van der Waals surface area contributed by atoms with Crippen LogP contribution in [0.5, 0.6) is 0 Å². The highest BCUT2D eigenvalue weighted by Crippen LogP contribution is 2.02. The van der Waals surface area contributed by atoms with Crippen molar-refractivity contribution in [3.63, 3.8) is 0 Å². The molecule has 1 rings (SSSR count). The Morgan fingerprint density at radius 1 is 1.44 bits per heavy atom. The maximum absolute atomic E-state index is 2.40. The molecule has 0 spiro atoms. The number of likely N-dealkylation sites (N-methyl/N-ethyl adjacent to an activating group) is 1. The van der Waals surface area contributed by atoms with Crippen molar-refractivity contribution in [3.8, 4) is 0 Å². The van der Waals surface area contributed by atoms with Gasteiger partial charge in [0.25, 0.3) is 0 Å². The topological polar surface area (TPSA) is 6.48 Å². The average molecular weight is 126 g/mol. The van der Waals surface area contributed by atoms with Crippen LogP contribution in [-0.2, 0) is 0 Å². The van der Waals surface area contributed by atoms with Gasteiger partial charge in [0.1, 0.15) is 0 Å². The van der Waals surface area contributed by atoms with E-state index in [9.17, 15) is 0 Å². The minimum absolute atomic E-state index is 0.740. The zero-order chi connectivity index (χ0) is 6.85. The van der Waals surface area contributed by atoms with Gasteiger partial charge in [0.15, 0.2) is 7.98 Å². The van der Waals surface area contributed by atoms with Crippen molar-refractivity contribution in [2.45, 2.75) is 13.0 Å². The summed E-state index contributed by atoms with van der Waals surface area (Å²) in [7, 11) is 4.38. The normalized spacial score (nSPS) is 32.9. The molecule has 2 nitrogen and oxygen atoms in total. The van der Waals surface area contributed by atoms with E-state index in [0.29, 0.717) is 0 Å². The van der Waals surface area contributed by atoms with E-state index in [1.54, 1.807) is 0 Å². The maximum atomic E-state index is 2.40. The van der Waals surface area contributed by atoms with Crippen molar-refractivity contribution < 1.29 is 0 Å². The summed E-state index contributed by atoms with van der Waals surface area (Å²) in [5.74, 6) is 0. The zero-order valence-corrected chi connectivity index (χ0v) is 6.59. The number of piperazine rings is 1. The van der Waals surface area contributed by atoms with Crippen LogP contribution in [0.15, 0.2) is 0 Å². The van der Waals surface area contributed by atoms with Gasteiger partial charge in [-0.15, -0.1) is 0 Å². The van der Waals surface area contributed by atoms with E-state index < -0.39 is 0 Å². The van der Waals surface area contributed by atoms with Crippen molar-refractivity contribution in [1.29, 1.82) is 0 Å². The molecular weight excluding hydrogens is 111 g/mol. The van der Waals surface area contributed by atoms with E-state index in [0.717, 1.165) is 6.04 Å². The summed E-state index contributed by atoms with van der Waals surface area (Å²) in [6.07, 6.45) is 0. The average Bonchev–Trinajstić information content (AvgIpc) is 1.80. The SMILES string of the molecule is BN1CCN(C)[C@H](C)C1. The van der Waals surface area contributed by atoms with E-state index in [-0.39, 0.29) is 0 Å². The Morgan fingerprint density at radius 3 is 2.56 bits per heavy atom. The lowest BCUT2D eigenvalue weighted by Crippen LogP contribution is -2.48. The fourth-order valence-corrected chi connectivity index (χ4v) is 1.23. The Morgan fingerprint density at radius 2 is 2.11 bits per heavy atom. The summed E-state index contributed by atoms with van der Waals surface area (Å²) in [5, 5.41) is 0. The quantitative estimate of drug-likeness (QED) is 0.391. The monoisotopic (exact) mass is 126 g/mol. The lowest BCUT2D eigenvalue weighted by Gasteiger charge is -2.35. The lowest BCUT2D eigenvalue weighted by atomic mass is 10.1. The van der Waals surface area contributed by atoms with Gasteiger partial charge in [-0.25, -0.2) is 0 Å². The number of rotatable bonds is 0. The first-order chi connectivity index (χ1) is 4.20. The van der Waals surface area contributed by atoms with Crippen molar-refractivity contribution >= 4 is 7.98 Å². The third-order valence-electron chi connectivity index (χ3n) is 2.16. The van der Waals surface area contributed by atoms with Crippen LogP contribution < -0.4 is 0 Å². The van der Waals surface area contributed by atoms with Crippen LogP contribution in [0.25, 0.3) is 0 Å². The molecule has 3 heteroatoms. The predicted molar refractivity (Wildman–Crippen MR) is 42.2 cm³/mol. The summed E-state index contributed by atoms with van der Waals surface area (Å²) in [4.78, 5) is 4.78. The van der Waals surface area contributed by atoms with Gasteiger partial charge in [-0.2, -0.15) is 0 Å². The van der Waals surface area contributed by atoms with Crippen molar-refractivity contribution in [2.24, 2.45) is 0 Å². The van der Waals surface area contributed by atoms with Gasteiger partial charge < -0.3 is 9.71 Å². The molecule has 0 unspecified atom stereocenters. The van der Waals surface area contributed by atoms with E-state index >= 15 is 0 Å². The second kappa shape index (κ2) is 2.71. The smallest absolute Gasteiger partial charge is 0.185 e. The Hall–Kier alpha value is -0.0151. The molecule has 52 valence electrons. The molecule has 0 N–H and O–H groups in total. The van der Waals surface area contributed by atoms with E-state index in [1.807, 2.05) is 0 Å². The first-order valence-electron chi connectivity index (χ1n) is 3.59. The molecule has 0 aromatic heterocycles. The van der Waals surface area contributed by atoms with Crippen LogP contribution in [0.2, 0.25) is 0 Å². The Bertz CT molecular complexity index is 97.1. The predicted octanol–water partition coefficient (Wildman–Crippen LogP) is -0.830. The van der Waals surface area contributed by atoms with Gasteiger partial charge in [-0.1, -0.05) is 0 Å². The van der Waals surface area contributed by atoms with Gasteiger partial charge in [-0.05, 0) is 20.5 Å². The summed E-state index contributed by atoms with van der Waals surface area (Å²) in [6.45, 7) is 5.94. The Balaban J connectivity index is 2.35. The molecule has 1 saturated heterocycles. The maximum Gasteiger partial charge on any atom is 0.185 e. The fourth-order valence-electron chi connectivity index (χ4n) is 1.23. The molecule has 0 radical (unpaired) electrons. The third kappa shape index (κ3) is 1.70. The molecular formula is C6H15BN2. The van der Waals surface area contributed by atoms with Crippen LogP contribution in [0.4, 0.5) is 0 Å². The highest BCUT2D eigenvalue weighted by Gasteiger charge is 2.16. The van der Waals surface area contributed by atoms with Crippen molar-refractivity contribution in [3.05, 3.63) is 0 Å². The van der Waals surface area contributed by atoms with Crippen LogP contribution in [0.3, 0.4) is 0 Å². The fraction of sp³-hybridized carbons (Fsp3) is 1.00. The van der Waals surface area contributed by atoms with Crippen LogP contribution >= 0.6 is 0 Å². The second-order valence-electron chi connectivity index (χ2n) is 3.09. The van der Waals surface area contributed by atoms with E-state index in [1.165, 1.54) is 19.6 Å². The molecule has 1 aliphatic rings. The van der Waals surface area contributed by atoms with Gasteiger partial charge in [0.2, 0.25) is 0 Å². The molecule has 1 fully saturated rings. The van der Waals surface area contributed by atoms with Crippen LogP contribution in [-0.4, -0.2) is 50.4 Å². The van der Waals surface area contributed by atoms with Gasteiger partial charge in [-0.3, -0.25) is 0 Å². The lowest BCUT2D eigenvalue weighted by molar-refractivity contribution is 0.162. The highest BCUT2D eigenvalue weighted by molar-refractivity contribution is 6.04. The minimum Gasteiger partial charge on any atom is -0.346 e. The van der Waals surface area contributed by atoms with Crippen molar-refractivity contribution in [1.82, 2.24) is 9.71 Å². The molecule has 0 aromatic carbocycles. The zero-order valence-electron chi connectivity index (χ0n) is 6.59.